The Hall–Kier alpha value is -4.17. The molecule has 0 aliphatic carbocycles. The lowest BCUT2D eigenvalue weighted by atomic mass is 10.1. The van der Waals surface area contributed by atoms with Crippen molar-refractivity contribution in [1.29, 1.82) is 0 Å². The Morgan fingerprint density at radius 2 is 1.68 bits per heavy atom. The molecule has 1 aliphatic heterocycles. The van der Waals surface area contributed by atoms with Crippen molar-refractivity contribution in [3.05, 3.63) is 106 Å². The average molecular weight is 514 g/mol. The van der Waals surface area contributed by atoms with Crippen molar-refractivity contribution in [2.24, 2.45) is 0 Å². The van der Waals surface area contributed by atoms with Crippen LogP contribution in [0, 0.1) is 5.82 Å². The van der Waals surface area contributed by atoms with Crippen molar-refractivity contribution >= 4 is 51.5 Å². The molecule has 1 N–H and O–H groups in total. The number of amides is 3. The molecule has 4 aromatic rings. The number of aryl methyl sites for hydroxylation is 1. The molecule has 8 heteroatoms. The summed E-state index contributed by atoms with van der Waals surface area (Å²) >= 11 is 0.821. The van der Waals surface area contributed by atoms with E-state index in [1.165, 1.54) is 12.1 Å². The van der Waals surface area contributed by atoms with Gasteiger partial charge in [-0.05, 0) is 65.7 Å². The van der Waals surface area contributed by atoms with Gasteiger partial charge in [-0.2, -0.15) is 0 Å². The standard InChI is InChI=1S/C29H24FN3O3S/c1-2-19-9-13-23(14-10-19)31-27(34)18-33-28(35)26(37-29(33)36)15-21-17-32(25-6-4-3-5-24(21)25)16-20-7-11-22(30)12-8-20/h3-15,17H,2,16,18H2,1H3,(H,31,34)/b26-15-. The molecule has 0 radical (unpaired) electrons. The van der Waals surface area contributed by atoms with Gasteiger partial charge in [0.05, 0.1) is 4.91 Å². The van der Waals surface area contributed by atoms with Crippen molar-refractivity contribution in [1.82, 2.24) is 9.47 Å². The van der Waals surface area contributed by atoms with Crippen LogP contribution in [-0.4, -0.2) is 33.1 Å². The molecule has 1 fully saturated rings. The highest BCUT2D eigenvalue weighted by Gasteiger charge is 2.36. The molecule has 0 bridgehead atoms. The molecule has 1 saturated heterocycles. The molecule has 37 heavy (non-hydrogen) atoms. The van der Waals surface area contributed by atoms with Crippen LogP contribution in [0.15, 0.2) is 83.9 Å². The van der Waals surface area contributed by atoms with Gasteiger partial charge in [0.15, 0.2) is 0 Å². The number of nitrogens with zero attached hydrogens (tertiary/aromatic N) is 2. The van der Waals surface area contributed by atoms with Gasteiger partial charge in [-0.1, -0.05) is 49.4 Å². The summed E-state index contributed by atoms with van der Waals surface area (Å²) in [6.07, 6.45) is 4.49. The van der Waals surface area contributed by atoms with E-state index >= 15 is 0 Å². The molecule has 3 aromatic carbocycles. The maximum absolute atomic E-state index is 13.3. The number of rotatable bonds is 7. The minimum atomic E-state index is -0.498. The first-order chi connectivity index (χ1) is 17.9. The summed E-state index contributed by atoms with van der Waals surface area (Å²) in [5.41, 5.74) is 4.42. The second-order valence-corrected chi connectivity index (χ2v) is 9.72. The Morgan fingerprint density at radius 3 is 2.41 bits per heavy atom. The third-order valence-corrected chi connectivity index (χ3v) is 7.10. The van der Waals surface area contributed by atoms with E-state index in [0.29, 0.717) is 12.2 Å². The van der Waals surface area contributed by atoms with E-state index in [-0.39, 0.29) is 17.3 Å². The van der Waals surface area contributed by atoms with Gasteiger partial charge in [0.25, 0.3) is 11.1 Å². The van der Waals surface area contributed by atoms with Crippen LogP contribution in [0.2, 0.25) is 0 Å². The number of aromatic nitrogens is 1. The number of carbonyl (C=O) groups excluding carboxylic acids is 3. The number of hydrogen-bond donors (Lipinski definition) is 1. The van der Waals surface area contributed by atoms with Crippen molar-refractivity contribution < 1.29 is 18.8 Å². The van der Waals surface area contributed by atoms with Crippen LogP contribution in [0.25, 0.3) is 17.0 Å². The fourth-order valence-corrected chi connectivity index (χ4v) is 5.08. The van der Waals surface area contributed by atoms with E-state index in [0.717, 1.165) is 50.7 Å². The molecule has 0 atom stereocenters. The largest absolute Gasteiger partial charge is 0.342 e. The molecule has 1 aromatic heterocycles. The molecule has 6 nitrogen and oxygen atoms in total. The van der Waals surface area contributed by atoms with Crippen molar-refractivity contribution in [2.45, 2.75) is 19.9 Å². The highest BCUT2D eigenvalue weighted by molar-refractivity contribution is 8.18. The van der Waals surface area contributed by atoms with Gasteiger partial charge >= 0.3 is 0 Å². The quantitative estimate of drug-likeness (QED) is 0.305. The third kappa shape index (κ3) is 5.34. The van der Waals surface area contributed by atoms with Gasteiger partial charge in [-0.25, -0.2) is 4.39 Å². The summed E-state index contributed by atoms with van der Waals surface area (Å²) in [6.45, 7) is 2.21. The summed E-state index contributed by atoms with van der Waals surface area (Å²) in [5, 5.41) is 3.18. The van der Waals surface area contributed by atoms with Gasteiger partial charge in [0, 0.05) is 34.9 Å². The Bertz CT molecular complexity index is 1520. The minimum Gasteiger partial charge on any atom is -0.342 e. The van der Waals surface area contributed by atoms with E-state index in [4.69, 9.17) is 0 Å². The van der Waals surface area contributed by atoms with Gasteiger partial charge in [-0.3, -0.25) is 19.3 Å². The number of hydrogen-bond acceptors (Lipinski definition) is 4. The lowest BCUT2D eigenvalue weighted by molar-refractivity contribution is -0.127. The van der Waals surface area contributed by atoms with Gasteiger partial charge in [0.2, 0.25) is 5.91 Å². The number of nitrogens with one attached hydrogen (secondary N) is 1. The zero-order valence-corrected chi connectivity index (χ0v) is 20.9. The van der Waals surface area contributed by atoms with Crippen LogP contribution in [-0.2, 0) is 22.6 Å². The number of imide groups is 1. The lowest BCUT2D eigenvalue weighted by Crippen LogP contribution is -2.36. The SMILES string of the molecule is CCc1ccc(NC(=O)CN2C(=O)S/C(=C\c3cn(Cc4ccc(F)cc4)c4ccccc34)C2=O)cc1. The monoisotopic (exact) mass is 513 g/mol. The molecular weight excluding hydrogens is 489 g/mol. The normalized spacial score (nSPS) is 14.6. The summed E-state index contributed by atoms with van der Waals surface area (Å²) in [6, 6.07) is 21.5. The Morgan fingerprint density at radius 1 is 0.973 bits per heavy atom. The predicted molar refractivity (Wildman–Crippen MR) is 145 cm³/mol. The maximum atomic E-state index is 13.3. The number of benzene rings is 3. The molecular formula is C29H24FN3O3S. The van der Waals surface area contributed by atoms with E-state index in [2.05, 4.69) is 5.32 Å². The lowest BCUT2D eigenvalue weighted by Gasteiger charge is -2.12. The summed E-state index contributed by atoms with van der Waals surface area (Å²) in [7, 11) is 0. The smallest absolute Gasteiger partial charge is 0.294 e. The van der Waals surface area contributed by atoms with Crippen molar-refractivity contribution in [3.8, 4) is 0 Å². The topological polar surface area (TPSA) is 71.4 Å². The molecule has 0 saturated carbocycles. The Labute approximate surface area is 217 Å². The fourth-order valence-electron chi connectivity index (χ4n) is 4.25. The molecule has 3 amide bonds. The van der Waals surface area contributed by atoms with Crippen molar-refractivity contribution in [2.75, 3.05) is 11.9 Å². The summed E-state index contributed by atoms with van der Waals surface area (Å²) in [5.74, 6) is -1.23. The van der Waals surface area contributed by atoms with Crippen LogP contribution in [0.5, 0.6) is 0 Å². The molecule has 2 heterocycles. The first kappa shape index (κ1) is 24.5. The zero-order valence-electron chi connectivity index (χ0n) is 20.1. The highest BCUT2D eigenvalue weighted by Crippen LogP contribution is 2.34. The molecule has 0 unspecified atom stereocenters. The maximum Gasteiger partial charge on any atom is 0.294 e. The minimum absolute atomic E-state index is 0.259. The van der Waals surface area contributed by atoms with Gasteiger partial charge in [-0.15, -0.1) is 0 Å². The number of anilines is 1. The van der Waals surface area contributed by atoms with E-state index in [1.54, 1.807) is 30.3 Å². The second kappa shape index (κ2) is 10.4. The van der Waals surface area contributed by atoms with Crippen LogP contribution in [0.1, 0.15) is 23.6 Å². The van der Waals surface area contributed by atoms with E-state index in [1.807, 2.05) is 54.1 Å². The average Bonchev–Trinajstić information content (AvgIpc) is 3.37. The number of halogens is 1. The van der Waals surface area contributed by atoms with Gasteiger partial charge < -0.3 is 9.88 Å². The second-order valence-electron chi connectivity index (χ2n) is 8.72. The number of fused-ring (bicyclic) bond motifs is 1. The highest BCUT2D eigenvalue weighted by atomic mass is 32.2. The van der Waals surface area contributed by atoms with E-state index < -0.39 is 17.1 Å². The van der Waals surface area contributed by atoms with E-state index in [9.17, 15) is 18.8 Å². The zero-order chi connectivity index (χ0) is 25.9. The van der Waals surface area contributed by atoms with Crippen LogP contribution >= 0.6 is 11.8 Å². The van der Waals surface area contributed by atoms with Crippen LogP contribution in [0.3, 0.4) is 0 Å². The summed E-state index contributed by atoms with van der Waals surface area (Å²) < 4.78 is 15.3. The number of para-hydroxylation sites is 1. The number of thioether (sulfide) groups is 1. The molecule has 5 rings (SSSR count). The molecule has 186 valence electrons. The number of carbonyl (C=O) groups is 3. The fraction of sp³-hybridized carbons (Fsp3) is 0.138. The van der Waals surface area contributed by atoms with Crippen molar-refractivity contribution in [3.63, 3.8) is 0 Å². The first-order valence-corrected chi connectivity index (χ1v) is 12.7. The molecule has 1 aliphatic rings. The Balaban J connectivity index is 1.34. The van der Waals surface area contributed by atoms with Crippen LogP contribution < -0.4 is 5.32 Å². The van der Waals surface area contributed by atoms with Gasteiger partial charge in [0.1, 0.15) is 12.4 Å². The van der Waals surface area contributed by atoms with Crippen LogP contribution in [0.4, 0.5) is 14.9 Å². The predicted octanol–water partition coefficient (Wildman–Crippen LogP) is 6.07. The third-order valence-electron chi connectivity index (χ3n) is 6.19. The summed E-state index contributed by atoms with van der Waals surface area (Å²) in [4.78, 5) is 39.4. The Kier molecular flexibility index (Phi) is 6.92. The molecule has 0 spiro atoms. The first-order valence-electron chi connectivity index (χ1n) is 11.9.